The van der Waals surface area contributed by atoms with Crippen LogP contribution in [0.1, 0.15) is 15.9 Å². The highest BCUT2D eigenvalue weighted by molar-refractivity contribution is 8.02. The van der Waals surface area contributed by atoms with Gasteiger partial charge in [-0.05, 0) is 47.0 Å². The molecule has 6 heteroatoms. The second-order valence-corrected chi connectivity index (χ2v) is 5.74. The maximum Gasteiger partial charge on any atom is 0.218 e. The van der Waals surface area contributed by atoms with Gasteiger partial charge in [-0.3, -0.25) is 4.79 Å². The second kappa shape index (κ2) is 7.02. The summed E-state index contributed by atoms with van der Waals surface area (Å²) in [4.78, 5) is 12.1. The molecule has 0 radical (unpaired) electrons. The molecule has 5 nitrogen and oxygen atoms in total. The standard InChI is InChI=1S/C17H14N4OS/c1-13-6-5-7-14(12-13)16(22)10-11-23-17-18-19-20-21(17)15-8-3-2-4-9-15/h2-12H,1H3/b11-10-. The molecule has 0 N–H and O–H groups in total. The van der Waals surface area contributed by atoms with Gasteiger partial charge in [-0.25, -0.2) is 0 Å². The zero-order chi connectivity index (χ0) is 16.1. The van der Waals surface area contributed by atoms with Crippen molar-refractivity contribution in [3.63, 3.8) is 0 Å². The maximum atomic E-state index is 12.1. The zero-order valence-corrected chi connectivity index (χ0v) is 13.3. The molecular weight excluding hydrogens is 308 g/mol. The minimum Gasteiger partial charge on any atom is -0.289 e. The van der Waals surface area contributed by atoms with E-state index in [9.17, 15) is 4.79 Å². The third kappa shape index (κ3) is 3.73. The molecular formula is C17H14N4OS. The number of thioether (sulfide) groups is 1. The number of para-hydroxylation sites is 1. The van der Waals surface area contributed by atoms with Crippen LogP contribution >= 0.6 is 11.8 Å². The maximum absolute atomic E-state index is 12.1. The van der Waals surface area contributed by atoms with Gasteiger partial charge in [-0.15, -0.1) is 5.10 Å². The first-order chi connectivity index (χ1) is 11.2. The molecule has 0 bridgehead atoms. The second-order valence-electron chi connectivity index (χ2n) is 4.86. The molecule has 0 saturated heterocycles. The van der Waals surface area contributed by atoms with Crippen LogP contribution in [0.4, 0.5) is 0 Å². The largest absolute Gasteiger partial charge is 0.289 e. The van der Waals surface area contributed by atoms with E-state index < -0.39 is 0 Å². The van der Waals surface area contributed by atoms with Gasteiger partial charge in [0.15, 0.2) is 5.78 Å². The predicted octanol–water partition coefficient (Wildman–Crippen LogP) is 3.46. The number of benzene rings is 2. The Morgan fingerprint density at radius 3 is 2.74 bits per heavy atom. The molecule has 1 aromatic heterocycles. The summed E-state index contributed by atoms with van der Waals surface area (Å²) in [5.74, 6) is -0.0417. The van der Waals surface area contributed by atoms with Gasteiger partial charge in [-0.2, -0.15) is 4.68 Å². The number of carbonyl (C=O) groups excluding carboxylic acids is 1. The topological polar surface area (TPSA) is 60.7 Å². The summed E-state index contributed by atoms with van der Waals surface area (Å²) in [6, 6.07) is 17.1. The van der Waals surface area contributed by atoms with Crippen LogP contribution < -0.4 is 0 Å². The number of tetrazole rings is 1. The van der Waals surface area contributed by atoms with Crippen molar-refractivity contribution in [1.29, 1.82) is 0 Å². The molecule has 0 aliphatic heterocycles. The molecule has 3 rings (SSSR count). The number of hydrogen-bond acceptors (Lipinski definition) is 5. The van der Waals surface area contributed by atoms with Gasteiger partial charge in [0.25, 0.3) is 0 Å². The molecule has 23 heavy (non-hydrogen) atoms. The lowest BCUT2D eigenvalue weighted by atomic mass is 10.1. The third-order valence-electron chi connectivity index (χ3n) is 3.14. The first-order valence-electron chi connectivity index (χ1n) is 7.02. The van der Waals surface area contributed by atoms with Crippen LogP contribution in [0, 0.1) is 6.92 Å². The number of aryl methyl sites for hydroxylation is 1. The number of carbonyl (C=O) groups is 1. The quantitative estimate of drug-likeness (QED) is 0.409. The highest BCUT2D eigenvalue weighted by Gasteiger charge is 2.07. The summed E-state index contributed by atoms with van der Waals surface area (Å²) < 4.78 is 1.63. The Bertz CT molecular complexity index is 843. The van der Waals surface area contributed by atoms with Crippen LogP contribution in [0.25, 0.3) is 5.69 Å². The van der Waals surface area contributed by atoms with E-state index in [-0.39, 0.29) is 5.78 Å². The van der Waals surface area contributed by atoms with E-state index >= 15 is 0 Å². The Balaban J connectivity index is 1.72. The minimum absolute atomic E-state index is 0.0417. The molecule has 0 fully saturated rings. The Morgan fingerprint density at radius 2 is 1.96 bits per heavy atom. The molecule has 0 unspecified atom stereocenters. The van der Waals surface area contributed by atoms with Crippen molar-refractivity contribution in [2.24, 2.45) is 0 Å². The lowest BCUT2D eigenvalue weighted by molar-refractivity contribution is 0.104. The number of aromatic nitrogens is 4. The Hall–Kier alpha value is -2.73. The van der Waals surface area contributed by atoms with Crippen molar-refractivity contribution < 1.29 is 4.79 Å². The van der Waals surface area contributed by atoms with E-state index in [0.717, 1.165) is 11.3 Å². The summed E-state index contributed by atoms with van der Waals surface area (Å²) in [6.07, 6.45) is 1.53. The molecule has 0 atom stereocenters. The average Bonchev–Trinajstić information content (AvgIpc) is 3.04. The molecule has 0 amide bonds. The fourth-order valence-electron chi connectivity index (χ4n) is 2.03. The Morgan fingerprint density at radius 1 is 1.13 bits per heavy atom. The third-order valence-corrected chi connectivity index (χ3v) is 3.87. The number of hydrogen-bond donors (Lipinski definition) is 0. The molecule has 0 aliphatic carbocycles. The van der Waals surface area contributed by atoms with Gasteiger partial charge in [0.05, 0.1) is 5.69 Å². The average molecular weight is 322 g/mol. The van der Waals surface area contributed by atoms with E-state index in [1.54, 1.807) is 16.2 Å². The lowest BCUT2D eigenvalue weighted by Crippen LogP contribution is -1.98. The van der Waals surface area contributed by atoms with Gasteiger partial charge in [0, 0.05) is 5.56 Å². The molecule has 3 aromatic rings. The Labute approximate surface area is 138 Å². The van der Waals surface area contributed by atoms with Gasteiger partial charge in [-0.1, -0.05) is 53.7 Å². The first-order valence-corrected chi connectivity index (χ1v) is 7.90. The number of ketones is 1. The van der Waals surface area contributed by atoms with Gasteiger partial charge >= 0.3 is 0 Å². The summed E-state index contributed by atoms with van der Waals surface area (Å²) in [7, 11) is 0. The van der Waals surface area contributed by atoms with Crippen molar-refractivity contribution in [3.05, 3.63) is 77.2 Å². The van der Waals surface area contributed by atoms with Crippen molar-refractivity contribution in [3.8, 4) is 5.69 Å². The van der Waals surface area contributed by atoms with Gasteiger partial charge in [0.2, 0.25) is 5.16 Å². The van der Waals surface area contributed by atoms with Crippen LogP contribution in [-0.4, -0.2) is 26.0 Å². The zero-order valence-electron chi connectivity index (χ0n) is 12.5. The van der Waals surface area contributed by atoms with Crippen LogP contribution in [0.5, 0.6) is 0 Å². The molecule has 114 valence electrons. The van der Waals surface area contributed by atoms with E-state index in [1.807, 2.05) is 55.5 Å². The number of nitrogens with zero attached hydrogens (tertiary/aromatic N) is 4. The smallest absolute Gasteiger partial charge is 0.218 e. The molecule has 1 heterocycles. The molecule has 2 aromatic carbocycles. The first kappa shape index (κ1) is 15.2. The van der Waals surface area contributed by atoms with Crippen LogP contribution in [-0.2, 0) is 0 Å². The van der Waals surface area contributed by atoms with E-state index in [4.69, 9.17) is 0 Å². The fraction of sp³-hybridized carbons (Fsp3) is 0.0588. The summed E-state index contributed by atoms with van der Waals surface area (Å²) in [5, 5.41) is 13.9. The van der Waals surface area contributed by atoms with Crippen LogP contribution in [0.3, 0.4) is 0 Å². The molecule has 0 saturated carbocycles. The van der Waals surface area contributed by atoms with Crippen molar-refractivity contribution >= 4 is 17.5 Å². The highest BCUT2D eigenvalue weighted by atomic mass is 32.2. The summed E-state index contributed by atoms with van der Waals surface area (Å²) in [5.41, 5.74) is 2.60. The van der Waals surface area contributed by atoms with Gasteiger partial charge in [0.1, 0.15) is 0 Å². The van der Waals surface area contributed by atoms with Gasteiger partial charge < -0.3 is 0 Å². The molecule has 0 aliphatic rings. The summed E-state index contributed by atoms with van der Waals surface area (Å²) in [6.45, 7) is 1.96. The van der Waals surface area contributed by atoms with Crippen molar-refractivity contribution in [1.82, 2.24) is 20.2 Å². The van der Waals surface area contributed by atoms with E-state index in [1.165, 1.54) is 17.8 Å². The predicted molar refractivity (Wildman–Crippen MR) is 89.7 cm³/mol. The van der Waals surface area contributed by atoms with Crippen molar-refractivity contribution in [2.45, 2.75) is 12.1 Å². The fourth-order valence-corrected chi connectivity index (χ4v) is 2.67. The van der Waals surface area contributed by atoms with E-state index in [2.05, 4.69) is 15.5 Å². The monoisotopic (exact) mass is 322 g/mol. The molecule has 0 spiro atoms. The Kier molecular flexibility index (Phi) is 4.63. The number of rotatable bonds is 5. The number of allylic oxidation sites excluding steroid dienone is 1. The van der Waals surface area contributed by atoms with Crippen LogP contribution in [0.2, 0.25) is 0 Å². The van der Waals surface area contributed by atoms with E-state index in [0.29, 0.717) is 10.7 Å². The SMILES string of the molecule is Cc1cccc(C(=O)/C=C\Sc2nnnn2-c2ccccc2)c1. The van der Waals surface area contributed by atoms with Crippen LogP contribution in [0.15, 0.2) is 71.2 Å². The lowest BCUT2D eigenvalue weighted by Gasteiger charge is -2.01. The minimum atomic E-state index is -0.0417. The van der Waals surface area contributed by atoms with Crippen molar-refractivity contribution in [2.75, 3.05) is 0 Å². The normalized spacial score (nSPS) is 11.0. The highest BCUT2D eigenvalue weighted by Crippen LogP contribution is 2.19. The summed E-state index contributed by atoms with van der Waals surface area (Å²) >= 11 is 1.30.